The predicted octanol–water partition coefficient (Wildman–Crippen LogP) is 3.53. The average Bonchev–Trinajstić information content (AvgIpc) is 3.47. The number of rotatable bonds is 3. The highest BCUT2D eigenvalue weighted by Crippen LogP contribution is 2.43. The number of imidazole rings is 1. The SMILES string of the molecule is CNC(=O)N1CCn2c(C3CC3)nc(-c3cccc4cc(-c5ccn(C)n5)ncc34)c2C1. The number of aromatic nitrogens is 5. The Morgan fingerprint density at radius 1 is 1.16 bits per heavy atom. The number of carbonyl (C=O) groups is 1. The van der Waals surface area contributed by atoms with Gasteiger partial charge in [-0.05, 0) is 30.4 Å². The lowest BCUT2D eigenvalue weighted by Gasteiger charge is -2.29. The van der Waals surface area contributed by atoms with Crippen LogP contribution < -0.4 is 5.32 Å². The maximum absolute atomic E-state index is 12.3. The van der Waals surface area contributed by atoms with Gasteiger partial charge in [-0.25, -0.2) is 9.78 Å². The number of benzene rings is 1. The molecule has 4 aromatic rings. The zero-order valence-corrected chi connectivity index (χ0v) is 18.2. The van der Waals surface area contributed by atoms with Gasteiger partial charge in [-0.3, -0.25) is 9.67 Å². The second kappa shape index (κ2) is 7.19. The highest BCUT2D eigenvalue weighted by Gasteiger charge is 2.34. The van der Waals surface area contributed by atoms with Crippen LogP contribution in [0.4, 0.5) is 4.79 Å². The molecule has 1 fully saturated rings. The Morgan fingerprint density at radius 2 is 2.03 bits per heavy atom. The molecule has 8 heteroatoms. The maximum atomic E-state index is 12.3. The summed E-state index contributed by atoms with van der Waals surface area (Å²) in [7, 11) is 3.59. The van der Waals surface area contributed by atoms with Gasteiger partial charge in [0.05, 0.1) is 23.6 Å². The molecule has 0 saturated heterocycles. The minimum atomic E-state index is -0.0454. The molecule has 162 valence electrons. The second-order valence-electron chi connectivity index (χ2n) is 8.64. The van der Waals surface area contributed by atoms with Crippen LogP contribution in [0.5, 0.6) is 0 Å². The quantitative estimate of drug-likeness (QED) is 0.542. The van der Waals surface area contributed by atoms with Crippen molar-refractivity contribution in [2.24, 2.45) is 7.05 Å². The molecule has 3 aromatic heterocycles. The molecule has 1 aliphatic heterocycles. The Bertz CT molecular complexity index is 1350. The van der Waals surface area contributed by atoms with Crippen molar-refractivity contribution in [3.63, 3.8) is 0 Å². The summed E-state index contributed by atoms with van der Waals surface area (Å²) in [6.45, 7) is 2.05. The van der Waals surface area contributed by atoms with Crippen LogP contribution in [-0.4, -0.2) is 48.8 Å². The minimum Gasteiger partial charge on any atom is -0.341 e. The molecular formula is C24H25N7O. The van der Waals surface area contributed by atoms with Crippen LogP contribution in [0.2, 0.25) is 0 Å². The minimum absolute atomic E-state index is 0.0454. The van der Waals surface area contributed by atoms with Gasteiger partial charge in [0.15, 0.2) is 0 Å². The summed E-state index contributed by atoms with van der Waals surface area (Å²) in [5, 5.41) is 9.41. The van der Waals surface area contributed by atoms with E-state index in [9.17, 15) is 4.79 Å². The van der Waals surface area contributed by atoms with Gasteiger partial charge >= 0.3 is 6.03 Å². The number of aryl methyl sites for hydroxylation is 1. The van der Waals surface area contributed by atoms with Gasteiger partial charge in [0.1, 0.15) is 11.5 Å². The van der Waals surface area contributed by atoms with Crippen molar-refractivity contribution in [2.45, 2.75) is 31.8 Å². The smallest absolute Gasteiger partial charge is 0.317 e. The van der Waals surface area contributed by atoms with Crippen LogP contribution in [0.3, 0.4) is 0 Å². The van der Waals surface area contributed by atoms with E-state index in [0.29, 0.717) is 19.0 Å². The van der Waals surface area contributed by atoms with E-state index in [0.717, 1.165) is 45.7 Å². The summed E-state index contributed by atoms with van der Waals surface area (Å²) < 4.78 is 4.13. The fourth-order valence-corrected chi connectivity index (χ4v) is 4.67. The van der Waals surface area contributed by atoms with E-state index in [-0.39, 0.29) is 6.03 Å². The van der Waals surface area contributed by atoms with Gasteiger partial charge in [0.2, 0.25) is 0 Å². The van der Waals surface area contributed by atoms with Crippen LogP contribution >= 0.6 is 0 Å². The van der Waals surface area contributed by atoms with E-state index in [2.05, 4.69) is 39.2 Å². The average molecular weight is 428 g/mol. The van der Waals surface area contributed by atoms with E-state index in [1.807, 2.05) is 30.4 Å². The molecular weight excluding hydrogens is 402 g/mol. The summed E-state index contributed by atoms with van der Waals surface area (Å²) in [5.41, 5.74) is 4.86. The number of hydrogen-bond donors (Lipinski definition) is 1. The third-order valence-corrected chi connectivity index (χ3v) is 6.48. The number of amides is 2. The molecule has 8 nitrogen and oxygen atoms in total. The largest absolute Gasteiger partial charge is 0.341 e. The molecule has 2 aliphatic rings. The zero-order valence-electron chi connectivity index (χ0n) is 18.2. The Balaban J connectivity index is 1.48. The van der Waals surface area contributed by atoms with Crippen molar-refractivity contribution in [1.29, 1.82) is 0 Å². The van der Waals surface area contributed by atoms with Gasteiger partial charge in [0, 0.05) is 56.4 Å². The van der Waals surface area contributed by atoms with Crippen LogP contribution in [0, 0.1) is 0 Å². The van der Waals surface area contributed by atoms with Crippen molar-refractivity contribution in [3.8, 4) is 22.6 Å². The van der Waals surface area contributed by atoms with Gasteiger partial charge in [-0.2, -0.15) is 5.10 Å². The molecule has 6 rings (SSSR count). The van der Waals surface area contributed by atoms with Gasteiger partial charge < -0.3 is 14.8 Å². The third-order valence-electron chi connectivity index (χ3n) is 6.48. The summed E-state index contributed by atoms with van der Waals surface area (Å²) in [6, 6.07) is 10.3. The molecule has 32 heavy (non-hydrogen) atoms. The number of hydrogen-bond acceptors (Lipinski definition) is 4. The van der Waals surface area contributed by atoms with Crippen LogP contribution in [0.1, 0.15) is 30.3 Å². The molecule has 1 aliphatic carbocycles. The lowest BCUT2D eigenvalue weighted by molar-refractivity contribution is 0.185. The molecule has 0 spiro atoms. The van der Waals surface area contributed by atoms with E-state index in [1.165, 1.54) is 18.7 Å². The van der Waals surface area contributed by atoms with E-state index >= 15 is 0 Å². The van der Waals surface area contributed by atoms with Crippen molar-refractivity contribution in [2.75, 3.05) is 13.6 Å². The first-order chi connectivity index (χ1) is 15.6. The highest BCUT2D eigenvalue weighted by atomic mass is 16.2. The van der Waals surface area contributed by atoms with E-state index in [1.54, 1.807) is 11.7 Å². The molecule has 0 bridgehead atoms. The summed E-state index contributed by atoms with van der Waals surface area (Å²) in [4.78, 5) is 24.0. The first kappa shape index (κ1) is 19.0. The fourth-order valence-electron chi connectivity index (χ4n) is 4.67. The van der Waals surface area contributed by atoms with Crippen LogP contribution in [-0.2, 0) is 20.1 Å². The Kier molecular flexibility index (Phi) is 4.28. The van der Waals surface area contributed by atoms with Crippen molar-refractivity contribution < 1.29 is 4.79 Å². The summed E-state index contributed by atoms with van der Waals surface area (Å²) in [5.74, 6) is 1.71. The topological polar surface area (TPSA) is 80.9 Å². The Hall–Kier alpha value is -3.68. The van der Waals surface area contributed by atoms with Crippen molar-refractivity contribution in [1.82, 2.24) is 34.5 Å². The fraction of sp³-hybridized carbons (Fsp3) is 0.333. The van der Waals surface area contributed by atoms with Crippen LogP contribution in [0.15, 0.2) is 42.7 Å². The summed E-state index contributed by atoms with van der Waals surface area (Å²) >= 11 is 0. The molecule has 0 radical (unpaired) electrons. The van der Waals surface area contributed by atoms with Crippen molar-refractivity contribution in [3.05, 3.63) is 54.2 Å². The van der Waals surface area contributed by atoms with Gasteiger partial charge in [-0.15, -0.1) is 0 Å². The Morgan fingerprint density at radius 3 is 2.78 bits per heavy atom. The standard InChI is InChI=1S/C24H25N7O/c1-25-24(32)30-10-11-31-21(14-30)22(27-23(31)15-6-7-15)17-5-3-4-16-12-20(26-13-18(16)17)19-8-9-29(2)28-19/h3-5,8-9,12-13,15H,6-7,10-11,14H2,1-2H3,(H,25,32). The molecule has 1 saturated carbocycles. The molecule has 1 aromatic carbocycles. The Labute approximate surface area is 185 Å². The summed E-state index contributed by atoms with van der Waals surface area (Å²) in [6.07, 6.45) is 6.24. The monoisotopic (exact) mass is 427 g/mol. The molecule has 0 atom stereocenters. The lowest BCUT2D eigenvalue weighted by Crippen LogP contribution is -2.43. The second-order valence-corrected chi connectivity index (χ2v) is 8.64. The number of nitrogens with one attached hydrogen (secondary N) is 1. The molecule has 0 unspecified atom stereocenters. The maximum Gasteiger partial charge on any atom is 0.317 e. The zero-order chi connectivity index (χ0) is 21.8. The first-order valence-corrected chi connectivity index (χ1v) is 11.1. The number of pyridine rings is 1. The van der Waals surface area contributed by atoms with Crippen LogP contribution in [0.25, 0.3) is 33.4 Å². The van der Waals surface area contributed by atoms with E-state index < -0.39 is 0 Å². The number of urea groups is 1. The number of fused-ring (bicyclic) bond motifs is 2. The van der Waals surface area contributed by atoms with E-state index in [4.69, 9.17) is 9.97 Å². The third kappa shape index (κ3) is 3.05. The van der Waals surface area contributed by atoms with Gasteiger partial charge in [-0.1, -0.05) is 18.2 Å². The lowest BCUT2D eigenvalue weighted by atomic mass is 10.0. The molecule has 4 heterocycles. The van der Waals surface area contributed by atoms with Crippen molar-refractivity contribution >= 4 is 16.8 Å². The number of nitrogens with zero attached hydrogens (tertiary/aromatic N) is 6. The molecule has 2 amide bonds. The number of carbonyl (C=O) groups excluding carboxylic acids is 1. The highest BCUT2D eigenvalue weighted by molar-refractivity contribution is 5.97. The first-order valence-electron chi connectivity index (χ1n) is 11.1. The normalized spacial score (nSPS) is 15.8. The van der Waals surface area contributed by atoms with Gasteiger partial charge in [0.25, 0.3) is 0 Å². The predicted molar refractivity (Wildman–Crippen MR) is 122 cm³/mol. The molecule has 1 N–H and O–H groups in total.